The van der Waals surface area contributed by atoms with Gasteiger partial charge in [-0.25, -0.2) is 4.98 Å². The van der Waals surface area contributed by atoms with Gasteiger partial charge in [-0.2, -0.15) is 0 Å². The lowest BCUT2D eigenvalue weighted by Crippen LogP contribution is -2.31. The van der Waals surface area contributed by atoms with Gasteiger partial charge in [-0.3, -0.25) is 14.4 Å². The molecule has 0 bridgehead atoms. The van der Waals surface area contributed by atoms with Crippen LogP contribution in [0.4, 0.5) is 11.4 Å². The summed E-state index contributed by atoms with van der Waals surface area (Å²) in [6, 6.07) is 11.5. The average Bonchev–Trinajstić information content (AvgIpc) is 2.64. The molecule has 0 unspecified atom stereocenters. The van der Waals surface area contributed by atoms with Crippen LogP contribution in [0.25, 0.3) is 0 Å². The van der Waals surface area contributed by atoms with Crippen molar-refractivity contribution in [3.63, 3.8) is 0 Å². The largest absolute Gasteiger partial charge is 0.338 e. The Hall–Kier alpha value is -3.22. The number of benzene rings is 1. The van der Waals surface area contributed by atoms with Gasteiger partial charge >= 0.3 is 0 Å². The van der Waals surface area contributed by atoms with Crippen LogP contribution in [-0.4, -0.2) is 40.7 Å². The van der Waals surface area contributed by atoms with Crippen LogP contribution in [0.2, 0.25) is 0 Å². The lowest BCUT2D eigenvalue weighted by molar-refractivity contribution is -0.114. The maximum Gasteiger partial charge on any atom is 0.274 e. The third-order valence-electron chi connectivity index (χ3n) is 3.71. The number of nitrogens with one attached hydrogen (secondary N) is 2. The van der Waals surface area contributed by atoms with E-state index in [1.807, 2.05) is 13.8 Å². The summed E-state index contributed by atoms with van der Waals surface area (Å²) in [7, 11) is 0. The van der Waals surface area contributed by atoms with Gasteiger partial charge in [0.2, 0.25) is 5.91 Å². The fourth-order valence-electron chi connectivity index (χ4n) is 2.39. The number of aromatic nitrogens is 1. The van der Waals surface area contributed by atoms with Crippen LogP contribution in [0, 0.1) is 0 Å². The summed E-state index contributed by atoms with van der Waals surface area (Å²) < 4.78 is 0. The Morgan fingerprint density at radius 1 is 0.885 bits per heavy atom. The normalized spacial score (nSPS) is 10.1. The van der Waals surface area contributed by atoms with Crippen molar-refractivity contribution in [3.05, 3.63) is 53.9 Å². The van der Waals surface area contributed by atoms with E-state index in [0.717, 1.165) is 0 Å². The predicted octanol–water partition coefficient (Wildman–Crippen LogP) is 2.77. The maximum atomic E-state index is 12.4. The van der Waals surface area contributed by atoms with Crippen LogP contribution in [-0.2, 0) is 4.79 Å². The van der Waals surface area contributed by atoms with Crippen molar-refractivity contribution in [2.24, 2.45) is 0 Å². The molecule has 0 saturated carbocycles. The molecule has 0 aliphatic carbocycles. The molecule has 1 aromatic carbocycles. The monoisotopic (exact) mass is 354 g/mol. The molecular weight excluding hydrogens is 332 g/mol. The predicted molar refractivity (Wildman–Crippen MR) is 100 cm³/mol. The van der Waals surface area contributed by atoms with Gasteiger partial charge in [-0.15, -0.1) is 0 Å². The van der Waals surface area contributed by atoms with Crippen molar-refractivity contribution in [2.45, 2.75) is 20.8 Å². The van der Waals surface area contributed by atoms with E-state index in [-0.39, 0.29) is 23.2 Å². The Bertz CT molecular complexity index is 799. The van der Waals surface area contributed by atoms with Crippen LogP contribution < -0.4 is 10.6 Å². The van der Waals surface area contributed by atoms with Crippen molar-refractivity contribution in [3.8, 4) is 0 Å². The molecular formula is C19H22N4O3. The van der Waals surface area contributed by atoms with Crippen LogP contribution in [0.15, 0.2) is 42.5 Å². The summed E-state index contributed by atoms with van der Waals surface area (Å²) in [6.07, 6.45) is 0. The number of anilines is 2. The molecule has 26 heavy (non-hydrogen) atoms. The van der Waals surface area contributed by atoms with E-state index in [4.69, 9.17) is 0 Å². The van der Waals surface area contributed by atoms with Crippen LogP contribution in [0.3, 0.4) is 0 Å². The summed E-state index contributed by atoms with van der Waals surface area (Å²) in [5.41, 5.74) is 1.60. The Balaban J connectivity index is 2.11. The van der Waals surface area contributed by atoms with Gasteiger partial charge in [0.1, 0.15) is 11.4 Å². The molecule has 0 spiro atoms. The first kappa shape index (κ1) is 19.1. The van der Waals surface area contributed by atoms with Crippen LogP contribution in [0.5, 0.6) is 0 Å². The fourth-order valence-corrected chi connectivity index (χ4v) is 2.39. The van der Waals surface area contributed by atoms with Gasteiger partial charge in [-0.05, 0) is 50.2 Å². The second-order valence-corrected chi connectivity index (χ2v) is 5.60. The molecule has 7 heteroatoms. The third-order valence-corrected chi connectivity index (χ3v) is 3.71. The molecule has 0 atom stereocenters. The van der Waals surface area contributed by atoms with Crippen molar-refractivity contribution >= 4 is 29.1 Å². The molecule has 0 fully saturated rings. The second kappa shape index (κ2) is 8.75. The number of carbonyl (C=O) groups excluding carboxylic acids is 3. The van der Waals surface area contributed by atoms with E-state index in [0.29, 0.717) is 24.5 Å². The topological polar surface area (TPSA) is 91.4 Å². The highest BCUT2D eigenvalue weighted by Gasteiger charge is 2.16. The number of hydrogen-bond donors (Lipinski definition) is 2. The van der Waals surface area contributed by atoms with E-state index < -0.39 is 5.91 Å². The Kier molecular flexibility index (Phi) is 6.43. The quantitative estimate of drug-likeness (QED) is 0.834. The molecule has 2 N–H and O–H groups in total. The van der Waals surface area contributed by atoms with Crippen LogP contribution >= 0.6 is 0 Å². The van der Waals surface area contributed by atoms with Crippen molar-refractivity contribution in [1.29, 1.82) is 0 Å². The average molecular weight is 354 g/mol. The molecule has 1 heterocycles. The number of pyridine rings is 1. The summed E-state index contributed by atoms with van der Waals surface area (Å²) >= 11 is 0. The summed E-state index contributed by atoms with van der Waals surface area (Å²) in [4.78, 5) is 41.6. The molecule has 136 valence electrons. The smallest absolute Gasteiger partial charge is 0.274 e. The lowest BCUT2D eigenvalue weighted by atomic mass is 10.2. The molecule has 2 aromatic rings. The molecule has 0 radical (unpaired) electrons. The zero-order valence-corrected chi connectivity index (χ0v) is 15.1. The van der Waals surface area contributed by atoms with Gasteiger partial charge in [0.25, 0.3) is 11.8 Å². The first-order valence-electron chi connectivity index (χ1n) is 8.40. The highest BCUT2D eigenvalue weighted by atomic mass is 16.2. The minimum Gasteiger partial charge on any atom is -0.338 e. The molecule has 2 rings (SSSR count). The maximum absolute atomic E-state index is 12.4. The summed E-state index contributed by atoms with van der Waals surface area (Å²) in [5, 5.41) is 5.38. The SMILES string of the molecule is CCN(CC)C(=O)c1cccc(C(=O)Nc2ccc(NC(C)=O)cc2)n1. The fraction of sp³-hybridized carbons (Fsp3) is 0.263. The van der Waals surface area contributed by atoms with E-state index in [2.05, 4.69) is 15.6 Å². The zero-order valence-electron chi connectivity index (χ0n) is 15.1. The number of amides is 3. The van der Waals surface area contributed by atoms with Gasteiger partial charge in [0, 0.05) is 31.4 Å². The Morgan fingerprint density at radius 3 is 1.96 bits per heavy atom. The minimum absolute atomic E-state index is 0.161. The second-order valence-electron chi connectivity index (χ2n) is 5.60. The molecule has 7 nitrogen and oxygen atoms in total. The number of nitrogens with zero attached hydrogens (tertiary/aromatic N) is 2. The highest BCUT2D eigenvalue weighted by Crippen LogP contribution is 2.14. The number of carbonyl (C=O) groups is 3. The standard InChI is InChI=1S/C19H22N4O3/c1-4-23(5-2)19(26)17-8-6-7-16(22-17)18(25)21-15-11-9-14(10-12-15)20-13(3)24/h6-12H,4-5H2,1-3H3,(H,20,24)(H,21,25). The lowest BCUT2D eigenvalue weighted by Gasteiger charge is -2.18. The van der Waals surface area contributed by atoms with E-state index in [1.165, 1.54) is 6.92 Å². The molecule has 0 saturated heterocycles. The van der Waals surface area contributed by atoms with Gasteiger partial charge in [0.05, 0.1) is 0 Å². The number of rotatable bonds is 6. The van der Waals surface area contributed by atoms with Crippen molar-refractivity contribution in [2.75, 3.05) is 23.7 Å². The zero-order chi connectivity index (χ0) is 19.1. The van der Waals surface area contributed by atoms with E-state index >= 15 is 0 Å². The van der Waals surface area contributed by atoms with Gasteiger partial charge in [0.15, 0.2) is 0 Å². The molecule has 0 aliphatic rings. The summed E-state index contributed by atoms with van der Waals surface area (Å²) in [5.74, 6) is -0.781. The first-order valence-corrected chi connectivity index (χ1v) is 8.40. The third kappa shape index (κ3) is 4.89. The first-order chi connectivity index (χ1) is 12.4. The Labute approximate surface area is 152 Å². The van der Waals surface area contributed by atoms with Crippen LogP contribution in [0.1, 0.15) is 41.7 Å². The Morgan fingerprint density at radius 2 is 1.42 bits per heavy atom. The molecule has 0 aliphatic heterocycles. The molecule has 3 amide bonds. The van der Waals surface area contributed by atoms with Crippen molar-refractivity contribution < 1.29 is 14.4 Å². The van der Waals surface area contributed by atoms with E-state index in [1.54, 1.807) is 47.4 Å². The molecule has 1 aromatic heterocycles. The summed E-state index contributed by atoms with van der Waals surface area (Å²) in [6.45, 7) is 6.36. The number of hydrogen-bond acceptors (Lipinski definition) is 4. The van der Waals surface area contributed by atoms with E-state index in [9.17, 15) is 14.4 Å². The van der Waals surface area contributed by atoms with Gasteiger partial charge in [-0.1, -0.05) is 6.07 Å². The minimum atomic E-state index is -0.411. The van der Waals surface area contributed by atoms with Crippen molar-refractivity contribution in [1.82, 2.24) is 9.88 Å². The highest BCUT2D eigenvalue weighted by molar-refractivity contribution is 6.04. The van der Waals surface area contributed by atoms with Gasteiger partial charge < -0.3 is 15.5 Å².